The van der Waals surface area contributed by atoms with Crippen molar-refractivity contribution in [3.8, 4) is 5.75 Å². The van der Waals surface area contributed by atoms with E-state index in [-0.39, 0.29) is 11.8 Å². The maximum Gasteiger partial charge on any atom is 0.573 e. The van der Waals surface area contributed by atoms with Gasteiger partial charge in [0.15, 0.2) is 0 Å². The molecule has 0 aromatic heterocycles. The van der Waals surface area contributed by atoms with Crippen molar-refractivity contribution in [3.63, 3.8) is 0 Å². The minimum Gasteiger partial charge on any atom is -0.406 e. The highest BCUT2D eigenvalue weighted by molar-refractivity contribution is 5.46. The molecule has 1 aromatic carbocycles. The average Bonchev–Trinajstić information content (AvgIpc) is 2.27. The third kappa shape index (κ3) is 6.94. The molecule has 0 heterocycles. The molecule has 0 saturated heterocycles. The first-order valence-electron chi connectivity index (χ1n) is 6.38. The average molecular weight is 275 g/mol. The summed E-state index contributed by atoms with van der Waals surface area (Å²) in [4.78, 5) is 0. The second-order valence-electron chi connectivity index (χ2n) is 5.09. The van der Waals surface area contributed by atoms with Crippen LogP contribution in [-0.4, -0.2) is 12.4 Å². The number of alkyl halides is 3. The lowest BCUT2D eigenvalue weighted by molar-refractivity contribution is -0.274. The van der Waals surface area contributed by atoms with E-state index in [1.165, 1.54) is 12.1 Å². The Morgan fingerprint density at radius 3 is 2.11 bits per heavy atom. The van der Waals surface area contributed by atoms with Crippen LogP contribution in [0.4, 0.5) is 18.9 Å². The lowest BCUT2D eigenvalue weighted by Crippen LogP contribution is -2.17. The van der Waals surface area contributed by atoms with Gasteiger partial charge in [-0.3, -0.25) is 0 Å². The van der Waals surface area contributed by atoms with Crippen LogP contribution in [0.1, 0.15) is 33.6 Å². The summed E-state index contributed by atoms with van der Waals surface area (Å²) in [5.74, 6) is 0.444. The predicted molar refractivity (Wildman–Crippen MR) is 70.3 cm³/mol. The van der Waals surface area contributed by atoms with Gasteiger partial charge in [-0.2, -0.15) is 0 Å². The van der Waals surface area contributed by atoms with Crippen LogP contribution in [0.25, 0.3) is 0 Å². The molecule has 1 rings (SSSR count). The lowest BCUT2D eigenvalue weighted by atomic mass is 10.0. The molecule has 0 spiro atoms. The molecule has 0 fully saturated rings. The monoisotopic (exact) mass is 275 g/mol. The third-order valence-corrected chi connectivity index (χ3v) is 2.68. The van der Waals surface area contributed by atoms with Gasteiger partial charge in [-0.15, -0.1) is 13.2 Å². The van der Waals surface area contributed by atoms with Crippen molar-refractivity contribution in [2.75, 3.05) is 5.32 Å². The van der Waals surface area contributed by atoms with Gasteiger partial charge in [-0.25, -0.2) is 0 Å². The summed E-state index contributed by atoms with van der Waals surface area (Å²) in [6, 6.07) is 6.09. The molecular formula is C14H20F3NO. The van der Waals surface area contributed by atoms with Crippen molar-refractivity contribution < 1.29 is 17.9 Å². The molecule has 1 N–H and O–H groups in total. The Bertz CT molecular complexity index is 373. The highest BCUT2D eigenvalue weighted by Crippen LogP contribution is 2.24. The van der Waals surface area contributed by atoms with Gasteiger partial charge in [0.25, 0.3) is 0 Å². The standard InChI is InChI=1S/C14H20F3NO/c1-10(2)4-5-11(3)18-12-6-8-13(9-7-12)19-14(15,16)17/h6-11,18H,4-5H2,1-3H3. The maximum atomic E-state index is 12.0. The van der Waals surface area contributed by atoms with Crippen LogP contribution in [-0.2, 0) is 0 Å². The Labute approximate surface area is 112 Å². The van der Waals surface area contributed by atoms with Crippen molar-refractivity contribution in [1.29, 1.82) is 0 Å². The molecule has 19 heavy (non-hydrogen) atoms. The van der Waals surface area contributed by atoms with E-state index in [4.69, 9.17) is 0 Å². The van der Waals surface area contributed by atoms with E-state index in [0.717, 1.165) is 18.5 Å². The number of benzene rings is 1. The highest BCUT2D eigenvalue weighted by atomic mass is 19.4. The fourth-order valence-corrected chi connectivity index (χ4v) is 1.69. The zero-order chi connectivity index (χ0) is 14.5. The fourth-order valence-electron chi connectivity index (χ4n) is 1.69. The minimum atomic E-state index is -4.64. The largest absolute Gasteiger partial charge is 0.573 e. The van der Waals surface area contributed by atoms with Crippen LogP contribution in [0.15, 0.2) is 24.3 Å². The van der Waals surface area contributed by atoms with Crippen LogP contribution in [0, 0.1) is 5.92 Å². The van der Waals surface area contributed by atoms with E-state index in [1.807, 2.05) is 0 Å². The maximum absolute atomic E-state index is 12.0. The third-order valence-electron chi connectivity index (χ3n) is 2.68. The summed E-state index contributed by atoms with van der Waals surface area (Å²) in [6.07, 6.45) is -2.50. The second-order valence-corrected chi connectivity index (χ2v) is 5.09. The molecule has 1 unspecified atom stereocenters. The van der Waals surface area contributed by atoms with Crippen molar-refractivity contribution in [3.05, 3.63) is 24.3 Å². The van der Waals surface area contributed by atoms with E-state index >= 15 is 0 Å². The van der Waals surface area contributed by atoms with Gasteiger partial charge >= 0.3 is 6.36 Å². The van der Waals surface area contributed by atoms with Gasteiger partial charge in [0.1, 0.15) is 5.75 Å². The molecule has 0 amide bonds. The van der Waals surface area contributed by atoms with Crippen LogP contribution < -0.4 is 10.1 Å². The van der Waals surface area contributed by atoms with Gasteiger partial charge < -0.3 is 10.1 Å². The van der Waals surface area contributed by atoms with Crippen LogP contribution >= 0.6 is 0 Å². The molecule has 1 atom stereocenters. The quantitative estimate of drug-likeness (QED) is 0.803. The highest BCUT2D eigenvalue weighted by Gasteiger charge is 2.30. The molecular weight excluding hydrogens is 255 g/mol. The Hall–Kier alpha value is -1.39. The van der Waals surface area contributed by atoms with Gasteiger partial charge in [-0.05, 0) is 49.9 Å². The SMILES string of the molecule is CC(C)CCC(C)Nc1ccc(OC(F)(F)F)cc1. The van der Waals surface area contributed by atoms with Crippen molar-refractivity contribution in [1.82, 2.24) is 0 Å². The van der Waals surface area contributed by atoms with E-state index in [1.54, 1.807) is 12.1 Å². The summed E-state index contributed by atoms with van der Waals surface area (Å²) in [5, 5.41) is 3.25. The summed E-state index contributed by atoms with van der Waals surface area (Å²) in [7, 11) is 0. The lowest BCUT2D eigenvalue weighted by Gasteiger charge is -2.17. The molecule has 1 aromatic rings. The first-order valence-corrected chi connectivity index (χ1v) is 6.38. The number of halogens is 3. The van der Waals surface area contributed by atoms with Crippen LogP contribution in [0.3, 0.4) is 0 Å². The topological polar surface area (TPSA) is 21.3 Å². The first kappa shape index (κ1) is 15.7. The van der Waals surface area contributed by atoms with Crippen molar-refractivity contribution >= 4 is 5.69 Å². The number of anilines is 1. The molecule has 0 aliphatic carbocycles. The number of rotatable bonds is 6. The smallest absolute Gasteiger partial charge is 0.406 e. The summed E-state index contributed by atoms with van der Waals surface area (Å²) < 4.78 is 39.8. The normalized spacial score (nSPS) is 13.4. The van der Waals surface area contributed by atoms with Crippen LogP contribution in [0.5, 0.6) is 5.75 Å². The minimum absolute atomic E-state index is 0.201. The Morgan fingerprint density at radius 1 is 1.05 bits per heavy atom. The fraction of sp³-hybridized carbons (Fsp3) is 0.571. The Balaban J connectivity index is 2.48. The molecule has 0 bridgehead atoms. The number of hydrogen-bond acceptors (Lipinski definition) is 2. The summed E-state index contributed by atoms with van der Waals surface area (Å²) in [6.45, 7) is 6.38. The van der Waals surface area contributed by atoms with Crippen molar-refractivity contribution in [2.45, 2.75) is 46.0 Å². The Morgan fingerprint density at radius 2 is 1.63 bits per heavy atom. The molecule has 2 nitrogen and oxygen atoms in total. The van der Waals surface area contributed by atoms with Crippen LogP contribution in [0.2, 0.25) is 0 Å². The second kappa shape index (κ2) is 6.68. The summed E-state index contributed by atoms with van der Waals surface area (Å²) >= 11 is 0. The Kier molecular flexibility index (Phi) is 5.51. The van der Waals surface area contributed by atoms with E-state index in [9.17, 15) is 13.2 Å². The molecule has 0 aliphatic heterocycles. The van der Waals surface area contributed by atoms with E-state index in [0.29, 0.717) is 5.92 Å². The van der Waals surface area contributed by atoms with Gasteiger partial charge in [0.05, 0.1) is 0 Å². The van der Waals surface area contributed by atoms with Crippen molar-refractivity contribution in [2.24, 2.45) is 5.92 Å². The zero-order valence-electron chi connectivity index (χ0n) is 11.4. The number of hydrogen-bond donors (Lipinski definition) is 1. The molecule has 5 heteroatoms. The molecule has 108 valence electrons. The van der Waals surface area contributed by atoms with Gasteiger partial charge in [-0.1, -0.05) is 13.8 Å². The molecule has 0 aliphatic rings. The predicted octanol–water partition coefficient (Wildman–Crippen LogP) is 4.82. The number of ether oxygens (including phenoxy) is 1. The number of nitrogens with one attached hydrogen (secondary N) is 1. The zero-order valence-corrected chi connectivity index (χ0v) is 11.4. The van der Waals surface area contributed by atoms with E-state index < -0.39 is 6.36 Å². The van der Waals surface area contributed by atoms with Gasteiger partial charge in [0.2, 0.25) is 0 Å². The first-order chi connectivity index (χ1) is 8.76. The van der Waals surface area contributed by atoms with Gasteiger partial charge in [0, 0.05) is 11.7 Å². The molecule has 0 radical (unpaired) electrons. The summed E-state index contributed by atoms with van der Waals surface area (Å²) in [5.41, 5.74) is 0.797. The van der Waals surface area contributed by atoms with E-state index in [2.05, 4.69) is 30.8 Å². The molecule has 0 saturated carbocycles.